The van der Waals surface area contributed by atoms with Crippen LogP contribution in [0.3, 0.4) is 0 Å². The predicted octanol–water partition coefficient (Wildman–Crippen LogP) is 4.59. The Hall–Kier alpha value is -2.55. The average molecular weight is 262 g/mol. The van der Waals surface area contributed by atoms with E-state index in [-0.39, 0.29) is 0 Å². The van der Waals surface area contributed by atoms with Crippen LogP contribution in [0.25, 0.3) is 32.9 Å². The van der Waals surface area contributed by atoms with Crippen molar-refractivity contribution in [1.82, 2.24) is 10.1 Å². The number of aromatic amines is 1. The molecule has 0 aliphatic rings. The lowest BCUT2D eigenvalue weighted by Crippen LogP contribution is -1.83. The molecule has 98 valence electrons. The molecule has 0 aliphatic heterocycles. The van der Waals surface area contributed by atoms with E-state index in [1.165, 1.54) is 16.3 Å². The molecule has 1 N–H and O–H groups in total. The highest BCUT2D eigenvalue weighted by Crippen LogP contribution is 2.37. The summed E-state index contributed by atoms with van der Waals surface area (Å²) in [5.41, 5.74) is 5.50. The summed E-state index contributed by atoms with van der Waals surface area (Å²) in [5, 5.41) is 6.55. The van der Waals surface area contributed by atoms with E-state index in [1.54, 1.807) is 0 Å². The molecule has 4 rings (SSSR count). The van der Waals surface area contributed by atoms with Crippen molar-refractivity contribution >= 4 is 21.8 Å². The first-order chi connectivity index (χ1) is 9.75. The highest BCUT2D eigenvalue weighted by molar-refractivity contribution is 6.14. The quantitative estimate of drug-likeness (QED) is 0.545. The molecule has 3 heteroatoms. The molecule has 0 aliphatic carbocycles. The molecule has 4 aromatic rings. The zero-order valence-electron chi connectivity index (χ0n) is 11.4. The highest BCUT2D eigenvalue weighted by atomic mass is 16.5. The minimum atomic E-state index is 0.861. The molecular weight excluding hydrogens is 248 g/mol. The van der Waals surface area contributed by atoms with Gasteiger partial charge in [-0.15, -0.1) is 0 Å². The summed E-state index contributed by atoms with van der Waals surface area (Å²) >= 11 is 0. The molecule has 0 spiro atoms. The number of fused-ring (bicyclic) bond motifs is 3. The Labute approximate surface area is 116 Å². The summed E-state index contributed by atoms with van der Waals surface area (Å²) in [7, 11) is 0. The van der Waals surface area contributed by atoms with Crippen molar-refractivity contribution in [2.24, 2.45) is 0 Å². The fourth-order valence-electron chi connectivity index (χ4n) is 2.98. The van der Waals surface area contributed by atoms with E-state index in [9.17, 15) is 0 Å². The molecule has 0 atom stereocenters. The third-order valence-electron chi connectivity index (χ3n) is 3.83. The second-order valence-electron chi connectivity index (χ2n) is 5.10. The molecule has 0 saturated carbocycles. The molecule has 0 fully saturated rings. The molecule has 2 aromatic carbocycles. The predicted molar refractivity (Wildman–Crippen MR) is 80.8 cm³/mol. The van der Waals surface area contributed by atoms with Crippen molar-refractivity contribution in [2.75, 3.05) is 0 Å². The maximum atomic E-state index is 5.33. The second kappa shape index (κ2) is 3.97. The van der Waals surface area contributed by atoms with Gasteiger partial charge in [0.15, 0.2) is 0 Å². The molecule has 3 nitrogen and oxygen atoms in total. The van der Waals surface area contributed by atoms with E-state index in [4.69, 9.17) is 4.52 Å². The van der Waals surface area contributed by atoms with Crippen LogP contribution in [-0.4, -0.2) is 10.1 Å². The first-order valence-corrected chi connectivity index (χ1v) is 6.68. The number of hydrogen-bond donors (Lipinski definition) is 1. The molecule has 2 aromatic heterocycles. The first kappa shape index (κ1) is 11.3. The van der Waals surface area contributed by atoms with Gasteiger partial charge in [-0.1, -0.05) is 35.5 Å². The minimum Gasteiger partial charge on any atom is -0.361 e. The van der Waals surface area contributed by atoms with E-state index >= 15 is 0 Å². The van der Waals surface area contributed by atoms with Crippen LogP contribution in [-0.2, 0) is 0 Å². The van der Waals surface area contributed by atoms with Gasteiger partial charge in [0.05, 0.1) is 5.69 Å². The van der Waals surface area contributed by atoms with E-state index in [0.717, 1.165) is 28.1 Å². The Morgan fingerprint density at radius 3 is 2.55 bits per heavy atom. The topological polar surface area (TPSA) is 41.8 Å². The number of rotatable bonds is 1. The van der Waals surface area contributed by atoms with Crippen molar-refractivity contribution in [1.29, 1.82) is 0 Å². The fraction of sp³-hybridized carbons (Fsp3) is 0.118. The number of aryl methyl sites for hydroxylation is 2. The smallest absolute Gasteiger partial charge is 0.141 e. The number of H-pyrrole nitrogens is 1. The summed E-state index contributed by atoms with van der Waals surface area (Å²) in [4.78, 5) is 3.47. The number of hydrogen-bond acceptors (Lipinski definition) is 2. The lowest BCUT2D eigenvalue weighted by atomic mass is 9.98. The summed E-state index contributed by atoms with van der Waals surface area (Å²) in [5.74, 6) is 0.861. The minimum absolute atomic E-state index is 0.861. The van der Waals surface area contributed by atoms with E-state index in [0.29, 0.717) is 0 Å². The molecular formula is C17H14N2O. The van der Waals surface area contributed by atoms with Crippen molar-refractivity contribution < 1.29 is 4.52 Å². The largest absolute Gasteiger partial charge is 0.361 e. The Balaban J connectivity index is 2.20. The molecule has 0 unspecified atom stereocenters. The summed E-state index contributed by atoms with van der Waals surface area (Å²) < 4.78 is 5.33. The first-order valence-electron chi connectivity index (χ1n) is 6.68. The standard InChI is InChI=1S/C17H14N2O/c1-10-16(11(2)20-19-10)13-7-5-9-15-17(13)12-6-3-4-8-14(12)18-15/h3-9,18H,1-2H3. The van der Waals surface area contributed by atoms with Gasteiger partial charge in [0, 0.05) is 27.4 Å². The summed E-state index contributed by atoms with van der Waals surface area (Å²) in [6, 6.07) is 14.7. The zero-order valence-corrected chi connectivity index (χ0v) is 11.4. The number of para-hydroxylation sites is 1. The Morgan fingerprint density at radius 2 is 1.75 bits per heavy atom. The van der Waals surface area contributed by atoms with Gasteiger partial charge in [-0.2, -0.15) is 0 Å². The number of aromatic nitrogens is 2. The van der Waals surface area contributed by atoms with Crippen LogP contribution in [0, 0.1) is 13.8 Å². The normalized spacial score (nSPS) is 11.5. The van der Waals surface area contributed by atoms with E-state index < -0.39 is 0 Å². The molecule has 0 amide bonds. The lowest BCUT2D eigenvalue weighted by molar-refractivity contribution is 0.393. The number of nitrogens with zero attached hydrogens (tertiary/aromatic N) is 1. The molecule has 0 radical (unpaired) electrons. The van der Waals surface area contributed by atoms with Crippen LogP contribution in [0.1, 0.15) is 11.5 Å². The maximum absolute atomic E-state index is 5.33. The molecule has 0 saturated heterocycles. The third kappa shape index (κ3) is 1.43. The van der Waals surface area contributed by atoms with Crippen LogP contribution in [0.5, 0.6) is 0 Å². The monoisotopic (exact) mass is 262 g/mol. The summed E-state index contributed by atoms with van der Waals surface area (Å²) in [6.07, 6.45) is 0. The van der Waals surface area contributed by atoms with Crippen LogP contribution in [0.2, 0.25) is 0 Å². The van der Waals surface area contributed by atoms with Crippen molar-refractivity contribution in [3.63, 3.8) is 0 Å². The van der Waals surface area contributed by atoms with Gasteiger partial charge >= 0.3 is 0 Å². The van der Waals surface area contributed by atoms with Gasteiger partial charge in [0.25, 0.3) is 0 Å². The Kier molecular flexibility index (Phi) is 2.24. The lowest BCUT2D eigenvalue weighted by Gasteiger charge is -2.03. The van der Waals surface area contributed by atoms with Gasteiger partial charge in [0.2, 0.25) is 0 Å². The highest BCUT2D eigenvalue weighted by Gasteiger charge is 2.16. The van der Waals surface area contributed by atoms with Gasteiger partial charge in [-0.3, -0.25) is 0 Å². The van der Waals surface area contributed by atoms with Gasteiger partial charge in [-0.25, -0.2) is 0 Å². The van der Waals surface area contributed by atoms with E-state index in [2.05, 4.69) is 46.5 Å². The number of benzene rings is 2. The van der Waals surface area contributed by atoms with E-state index in [1.807, 2.05) is 19.9 Å². The van der Waals surface area contributed by atoms with Crippen LogP contribution >= 0.6 is 0 Å². The molecule has 2 heterocycles. The SMILES string of the molecule is Cc1noc(C)c1-c1cccc2[nH]c3ccccc3c12. The maximum Gasteiger partial charge on any atom is 0.141 e. The number of nitrogens with one attached hydrogen (secondary N) is 1. The van der Waals surface area contributed by atoms with Crippen molar-refractivity contribution in [2.45, 2.75) is 13.8 Å². The third-order valence-corrected chi connectivity index (χ3v) is 3.83. The molecule has 0 bridgehead atoms. The van der Waals surface area contributed by atoms with Gasteiger partial charge in [-0.05, 0) is 31.5 Å². The Morgan fingerprint density at radius 1 is 0.950 bits per heavy atom. The van der Waals surface area contributed by atoms with Crippen LogP contribution < -0.4 is 0 Å². The van der Waals surface area contributed by atoms with Crippen molar-refractivity contribution in [3.05, 3.63) is 53.9 Å². The van der Waals surface area contributed by atoms with Crippen LogP contribution in [0.4, 0.5) is 0 Å². The van der Waals surface area contributed by atoms with Crippen LogP contribution in [0.15, 0.2) is 47.0 Å². The van der Waals surface area contributed by atoms with Crippen molar-refractivity contribution in [3.8, 4) is 11.1 Å². The zero-order chi connectivity index (χ0) is 13.7. The summed E-state index contributed by atoms with van der Waals surface area (Å²) in [6.45, 7) is 3.95. The Bertz CT molecular complexity index is 911. The second-order valence-corrected chi connectivity index (χ2v) is 5.10. The average Bonchev–Trinajstić information content (AvgIpc) is 2.99. The fourth-order valence-corrected chi connectivity index (χ4v) is 2.98. The van der Waals surface area contributed by atoms with Gasteiger partial charge < -0.3 is 9.51 Å². The van der Waals surface area contributed by atoms with Gasteiger partial charge in [0.1, 0.15) is 5.76 Å². The molecule has 20 heavy (non-hydrogen) atoms.